The molecule has 0 bridgehead atoms. The number of aromatic nitrogens is 2. The van der Waals surface area contributed by atoms with Crippen LogP contribution in [-0.4, -0.2) is 15.9 Å². The highest BCUT2D eigenvalue weighted by molar-refractivity contribution is 6.34. The Labute approximate surface area is 110 Å². The molecule has 2 heterocycles. The molecule has 1 amide bonds. The molecular formula is C15H11N3O. The molecule has 1 aliphatic heterocycles. The summed E-state index contributed by atoms with van der Waals surface area (Å²) < 4.78 is 0. The summed E-state index contributed by atoms with van der Waals surface area (Å²) in [6.07, 6.45) is 8.79. The van der Waals surface area contributed by atoms with E-state index in [0.29, 0.717) is 5.57 Å². The molecule has 0 radical (unpaired) electrons. The number of H-pyrrole nitrogens is 1. The number of benzene rings is 1. The van der Waals surface area contributed by atoms with Gasteiger partial charge in [-0.2, -0.15) is 0 Å². The number of carbonyl (C=O) groups excluding carboxylic acids is 1. The van der Waals surface area contributed by atoms with E-state index in [2.05, 4.69) is 21.2 Å². The maximum atomic E-state index is 12.0. The van der Waals surface area contributed by atoms with Gasteiger partial charge < -0.3 is 10.3 Å². The number of anilines is 1. The minimum absolute atomic E-state index is 0.127. The summed E-state index contributed by atoms with van der Waals surface area (Å²) in [4.78, 5) is 19.1. The molecule has 2 N–H and O–H groups in total. The Kier molecular flexibility index (Phi) is 2.46. The molecule has 0 spiro atoms. The van der Waals surface area contributed by atoms with Gasteiger partial charge in [-0.15, -0.1) is 6.42 Å². The number of hydrogen-bond acceptors (Lipinski definition) is 2. The summed E-state index contributed by atoms with van der Waals surface area (Å²) in [7, 11) is 0. The molecule has 0 saturated heterocycles. The quantitative estimate of drug-likeness (QED) is 0.601. The number of imidazole rings is 1. The number of aromatic amines is 1. The van der Waals surface area contributed by atoms with E-state index in [-0.39, 0.29) is 5.91 Å². The largest absolute Gasteiger partial charge is 0.345 e. The lowest BCUT2D eigenvalue weighted by atomic mass is 10.0. The van der Waals surface area contributed by atoms with E-state index in [1.165, 1.54) is 0 Å². The van der Waals surface area contributed by atoms with Crippen molar-refractivity contribution in [3.63, 3.8) is 0 Å². The van der Waals surface area contributed by atoms with Crippen LogP contribution >= 0.6 is 0 Å². The van der Waals surface area contributed by atoms with Gasteiger partial charge in [0.2, 0.25) is 0 Å². The van der Waals surface area contributed by atoms with Crippen LogP contribution in [0.5, 0.6) is 0 Å². The lowest BCUT2D eigenvalue weighted by molar-refractivity contribution is -0.110. The third-order valence-electron chi connectivity index (χ3n) is 3.13. The highest BCUT2D eigenvalue weighted by Crippen LogP contribution is 2.33. The SMILES string of the molecule is C#Cc1ccc2c(c1)/C(=C/c1[nH]cnc1C)C(=O)N2. The summed E-state index contributed by atoms with van der Waals surface area (Å²) in [6, 6.07) is 5.47. The van der Waals surface area contributed by atoms with Gasteiger partial charge >= 0.3 is 0 Å². The molecule has 0 atom stereocenters. The predicted molar refractivity (Wildman–Crippen MR) is 74.2 cm³/mol. The lowest BCUT2D eigenvalue weighted by Crippen LogP contribution is -2.03. The van der Waals surface area contributed by atoms with Crippen molar-refractivity contribution < 1.29 is 4.79 Å². The van der Waals surface area contributed by atoms with Crippen molar-refractivity contribution in [3.8, 4) is 12.3 Å². The van der Waals surface area contributed by atoms with Gasteiger partial charge in [0.05, 0.1) is 23.3 Å². The number of carbonyl (C=O) groups is 1. The molecule has 3 rings (SSSR count). The van der Waals surface area contributed by atoms with E-state index in [1.807, 2.05) is 25.1 Å². The zero-order valence-electron chi connectivity index (χ0n) is 10.3. The third-order valence-corrected chi connectivity index (χ3v) is 3.13. The second kappa shape index (κ2) is 4.14. The topological polar surface area (TPSA) is 57.8 Å². The van der Waals surface area contributed by atoms with Crippen molar-refractivity contribution in [2.75, 3.05) is 5.32 Å². The smallest absolute Gasteiger partial charge is 0.256 e. The first kappa shape index (κ1) is 11.3. The molecule has 2 aromatic rings. The van der Waals surface area contributed by atoms with Gasteiger partial charge in [-0.1, -0.05) is 5.92 Å². The monoisotopic (exact) mass is 249 g/mol. The van der Waals surface area contributed by atoms with E-state index < -0.39 is 0 Å². The predicted octanol–water partition coefficient (Wildman–Crippen LogP) is 2.19. The molecule has 4 heteroatoms. The van der Waals surface area contributed by atoms with Crippen LogP contribution in [0.25, 0.3) is 11.6 Å². The lowest BCUT2D eigenvalue weighted by Gasteiger charge is -1.99. The van der Waals surface area contributed by atoms with Crippen molar-refractivity contribution in [2.45, 2.75) is 6.92 Å². The number of nitrogens with zero attached hydrogens (tertiary/aromatic N) is 1. The first-order valence-electron chi connectivity index (χ1n) is 5.83. The summed E-state index contributed by atoms with van der Waals surface area (Å²) >= 11 is 0. The second-order valence-corrected chi connectivity index (χ2v) is 4.32. The highest BCUT2D eigenvalue weighted by Gasteiger charge is 2.24. The number of nitrogens with one attached hydrogen (secondary N) is 2. The highest BCUT2D eigenvalue weighted by atomic mass is 16.2. The van der Waals surface area contributed by atoms with Gasteiger partial charge in [-0.05, 0) is 31.2 Å². The van der Waals surface area contributed by atoms with E-state index in [4.69, 9.17) is 6.42 Å². The first-order valence-corrected chi connectivity index (χ1v) is 5.83. The van der Waals surface area contributed by atoms with Gasteiger partial charge in [-0.3, -0.25) is 4.79 Å². The Bertz CT molecular complexity index is 747. The van der Waals surface area contributed by atoms with Crippen molar-refractivity contribution in [3.05, 3.63) is 47.0 Å². The van der Waals surface area contributed by atoms with Crippen LogP contribution in [-0.2, 0) is 4.79 Å². The fourth-order valence-electron chi connectivity index (χ4n) is 2.08. The van der Waals surface area contributed by atoms with Gasteiger partial charge in [0.15, 0.2) is 0 Å². The summed E-state index contributed by atoms with van der Waals surface area (Å²) in [5.74, 6) is 2.45. The van der Waals surface area contributed by atoms with Crippen LogP contribution in [0.2, 0.25) is 0 Å². The van der Waals surface area contributed by atoms with Crippen molar-refractivity contribution in [1.29, 1.82) is 0 Å². The van der Waals surface area contributed by atoms with Crippen LogP contribution in [0.3, 0.4) is 0 Å². The van der Waals surface area contributed by atoms with Crippen LogP contribution in [0.4, 0.5) is 5.69 Å². The van der Waals surface area contributed by atoms with Crippen LogP contribution in [0.15, 0.2) is 24.5 Å². The maximum Gasteiger partial charge on any atom is 0.256 e. The third kappa shape index (κ3) is 1.81. The number of hydrogen-bond donors (Lipinski definition) is 2. The molecule has 0 fully saturated rings. The van der Waals surface area contributed by atoms with E-state index in [0.717, 1.165) is 28.2 Å². The second-order valence-electron chi connectivity index (χ2n) is 4.32. The standard InChI is InChI=1S/C15H11N3O/c1-3-10-4-5-13-11(6-10)12(15(19)18-13)7-14-9(2)16-8-17-14/h1,4-8H,2H3,(H,16,17)(H,18,19)/b12-7-. The Morgan fingerprint density at radius 1 is 1.42 bits per heavy atom. The first-order chi connectivity index (χ1) is 9.19. The zero-order valence-corrected chi connectivity index (χ0v) is 10.3. The molecule has 19 heavy (non-hydrogen) atoms. The number of rotatable bonds is 1. The fraction of sp³-hybridized carbons (Fsp3) is 0.0667. The average Bonchev–Trinajstić information content (AvgIpc) is 2.94. The molecule has 92 valence electrons. The van der Waals surface area contributed by atoms with E-state index >= 15 is 0 Å². The molecule has 1 aliphatic rings. The van der Waals surface area contributed by atoms with Crippen LogP contribution in [0.1, 0.15) is 22.5 Å². The molecule has 1 aromatic carbocycles. The Balaban J connectivity index is 2.15. The van der Waals surface area contributed by atoms with Gasteiger partial charge in [0, 0.05) is 16.8 Å². The minimum Gasteiger partial charge on any atom is -0.345 e. The van der Waals surface area contributed by atoms with Gasteiger partial charge in [0.25, 0.3) is 5.91 Å². The van der Waals surface area contributed by atoms with Crippen molar-refractivity contribution in [1.82, 2.24) is 9.97 Å². The molecule has 0 unspecified atom stereocenters. The zero-order chi connectivity index (χ0) is 13.4. The van der Waals surface area contributed by atoms with Gasteiger partial charge in [-0.25, -0.2) is 4.98 Å². The van der Waals surface area contributed by atoms with Gasteiger partial charge in [0.1, 0.15) is 0 Å². The Hall–Kier alpha value is -2.80. The fourth-order valence-corrected chi connectivity index (χ4v) is 2.08. The van der Waals surface area contributed by atoms with Crippen LogP contribution < -0.4 is 5.32 Å². The molecule has 1 aromatic heterocycles. The Morgan fingerprint density at radius 3 is 2.95 bits per heavy atom. The minimum atomic E-state index is -0.127. The average molecular weight is 249 g/mol. The number of aryl methyl sites for hydroxylation is 1. The summed E-state index contributed by atoms with van der Waals surface area (Å²) in [5.41, 5.74) is 4.63. The maximum absolute atomic E-state index is 12.0. The normalized spacial score (nSPS) is 15.2. The number of terminal acetylenes is 1. The van der Waals surface area contributed by atoms with Crippen molar-refractivity contribution >= 4 is 23.2 Å². The molecule has 0 aliphatic carbocycles. The Morgan fingerprint density at radius 2 is 2.26 bits per heavy atom. The molecule has 4 nitrogen and oxygen atoms in total. The van der Waals surface area contributed by atoms with Crippen molar-refractivity contribution in [2.24, 2.45) is 0 Å². The summed E-state index contributed by atoms with van der Waals surface area (Å²) in [5, 5.41) is 2.82. The summed E-state index contributed by atoms with van der Waals surface area (Å²) in [6.45, 7) is 1.88. The molecule has 0 saturated carbocycles. The van der Waals surface area contributed by atoms with E-state index in [9.17, 15) is 4.79 Å². The number of amides is 1. The van der Waals surface area contributed by atoms with Crippen LogP contribution in [0, 0.1) is 19.3 Å². The van der Waals surface area contributed by atoms with E-state index in [1.54, 1.807) is 12.4 Å². The molecular weight excluding hydrogens is 238 g/mol. The number of fused-ring (bicyclic) bond motifs is 1.